The van der Waals surface area contributed by atoms with E-state index in [1.54, 1.807) is 30.5 Å². The molecule has 1 aromatic heterocycles. The van der Waals surface area contributed by atoms with E-state index in [1.165, 1.54) is 7.11 Å². The van der Waals surface area contributed by atoms with E-state index in [1.807, 2.05) is 0 Å². The third-order valence-corrected chi connectivity index (χ3v) is 3.07. The number of allylic oxidation sites excluding steroid dienone is 2. The van der Waals surface area contributed by atoms with Gasteiger partial charge >= 0.3 is 5.97 Å². The molecule has 1 heterocycles. The fraction of sp³-hybridized carbons (Fsp3) is 0.421. The zero-order chi connectivity index (χ0) is 16.8. The van der Waals surface area contributed by atoms with Crippen LogP contribution in [0.2, 0.25) is 0 Å². The number of furan rings is 1. The van der Waals surface area contributed by atoms with Crippen LogP contribution in [0.15, 0.2) is 35.0 Å². The lowest BCUT2D eigenvalue weighted by Gasteiger charge is -2.07. The maximum absolute atomic E-state index is 11.0. The number of ether oxygens (including phenoxy) is 1. The van der Waals surface area contributed by atoms with Gasteiger partial charge in [-0.2, -0.15) is 0 Å². The van der Waals surface area contributed by atoms with Crippen LogP contribution in [-0.4, -0.2) is 24.3 Å². The third kappa shape index (κ3) is 9.24. The van der Waals surface area contributed by atoms with Crippen LogP contribution < -0.4 is 0 Å². The second kappa shape index (κ2) is 12.1. The average Bonchev–Trinajstić information content (AvgIpc) is 3.08. The van der Waals surface area contributed by atoms with Gasteiger partial charge in [-0.3, -0.25) is 0 Å². The first-order valence-corrected chi connectivity index (χ1v) is 7.68. The van der Waals surface area contributed by atoms with Crippen LogP contribution in [0, 0.1) is 23.7 Å². The van der Waals surface area contributed by atoms with Crippen molar-refractivity contribution in [1.82, 2.24) is 0 Å². The summed E-state index contributed by atoms with van der Waals surface area (Å²) in [5.74, 6) is 11.8. The second-order valence-electron chi connectivity index (χ2n) is 4.89. The summed E-state index contributed by atoms with van der Waals surface area (Å²) in [7, 11) is 1.28. The predicted molar refractivity (Wildman–Crippen MR) is 88.2 cm³/mol. The molecule has 0 amide bonds. The van der Waals surface area contributed by atoms with Crippen molar-refractivity contribution in [2.45, 2.75) is 44.6 Å². The van der Waals surface area contributed by atoms with Gasteiger partial charge in [-0.05, 0) is 43.0 Å². The molecule has 1 unspecified atom stereocenters. The van der Waals surface area contributed by atoms with Crippen LogP contribution in [0.1, 0.15) is 44.3 Å². The van der Waals surface area contributed by atoms with E-state index in [0.717, 1.165) is 32.1 Å². The molecule has 0 aliphatic heterocycles. The molecule has 0 spiro atoms. The zero-order valence-electron chi connectivity index (χ0n) is 13.4. The maximum Gasteiger partial charge on any atom is 0.334 e. The lowest BCUT2D eigenvalue weighted by Crippen LogP contribution is -2.21. The minimum absolute atomic E-state index is 0.454. The van der Waals surface area contributed by atoms with Gasteiger partial charge in [-0.15, -0.1) is 0 Å². The Kier molecular flexibility index (Phi) is 9.83. The van der Waals surface area contributed by atoms with E-state index in [-0.39, 0.29) is 0 Å². The van der Waals surface area contributed by atoms with Crippen molar-refractivity contribution >= 4 is 5.97 Å². The molecule has 1 N–H and O–H groups in total. The molecule has 0 fully saturated rings. The fourth-order valence-corrected chi connectivity index (χ4v) is 1.84. The standard InChI is InChI=1S/C19H22O4/c1-22-19(21)18(20)15-11-9-7-5-3-2-4-6-8-10-13-17-14-12-16-23-17/h6,8,12,14,16,18,20H,3,5,7,9,11,15H2,1H3/b8-6-. The molecule has 0 radical (unpaired) electrons. The lowest BCUT2D eigenvalue weighted by molar-refractivity contribution is -0.150. The number of carbonyl (C=O) groups excluding carboxylic acids is 1. The van der Waals surface area contributed by atoms with E-state index in [0.29, 0.717) is 12.2 Å². The van der Waals surface area contributed by atoms with Crippen LogP contribution >= 0.6 is 0 Å². The molecule has 0 saturated heterocycles. The molecule has 4 heteroatoms. The highest BCUT2D eigenvalue weighted by Crippen LogP contribution is 2.07. The quantitative estimate of drug-likeness (QED) is 0.477. The highest BCUT2D eigenvalue weighted by Gasteiger charge is 2.13. The number of esters is 1. The molecule has 0 aliphatic carbocycles. The molecule has 0 aliphatic rings. The number of methoxy groups -OCH3 is 1. The smallest absolute Gasteiger partial charge is 0.334 e. The Morgan fingerprint density at radius 3 is 2.83 bits per heavy atom. The minimum atomic E-state index is -0.993. The minimum Gasteiger partial charge on any atom is -0.467 e. The molecule has 1 atom stereocenters. The summed E-state index contributed by atoms with van der Waals surface area (Å²) in [5, 5.41) is 9.40. The second-order valence-corrected chi connectivity index (χ2v) is 4.89. The van der Waals surface area contributed by atoms with Gasteiger partial charge in [-0.1, -0.05) is 37.0 Å². The first kappa shape index (κ1) is 18.6. The Balaban J connectivity index is 2.02. The van der Waals surface area contributed by atoms with Gasteiger partial charge in [0.2, 0.25) is 0 Å². The largest absolute Gasteiger partial charge is 0.467 e. The van der Waals surface area contributed by atoms with Crippen molar-refractivity contribution in [1.29, 1.82) is 0 Å². The van der Waals surface area contributed by atoms with Crippen LogP contribution in [0.4, 0.5) is 0 Å². The normalized spacial score (nSPS) is 11.2. The highest BCUT2D eigenvalue weighted by molar-refractivity contribution is 5.74. The number of rotatable bonds is 7. The Morgan fingerprint density at radius 2 is 2.09 bits per heavy atom. The Labute approximate surface area is 137 Å². The van der Waals surface area contributed by atoms with Gasteiger partial charge in [0.1, 0.15) is 0 Å². The predicted octanol–water partition coefficient (Wildman–Crippen LogP) is 3.07. The van der Waals surface area contributed by atoms with Gasteiger partial charge in [-0.25, -0.2) is 4.79 Å². The molecule has 23 heavy (non-hydrogen) atoms. The molecule has 0 saturated carbocycles. The summed E-state index contributed by atoms with van der Waals surface area (Å²) in [6.45, 7) is 0. The van der Waals surface area contributed by atoms with Crippen molar-refractivity contribution < 1.29 is 19.1 Å². The number of hydrogen-bond donors (Lipinski definition) is 1. The number of hydrogen-bond acceptors (Lipinski definition) is 4. The monoisotopic (exact) mass is 314 g/mol. The molecule has 1 rings (SSSR count). The summed E-state index contributed by atoms with van der Waals surface area (Å²) in [6, 6.07) is 3.60. The first-order valence-electron chi connectivity index (χ1n) is 7.68. The molecule has 122 valence electrons. The molecule has 1 aromatic rings. The Morgan fingerprint density at radius 1 is 1.30 bits per heavy atom. The van der Waals surface area contributed by atoms with Crippen LogP contribution in [0.3, 0.4) is 0 Å². The first-order chi connectivity index (χ1) is 11.2. The summed E-state index contributed by atoms with van der Waals surface area (Å²) >= 11 is 0. The molecular weight excluding hydrogens is 292 g/mol. The summed E-state index contributed by atoms with van der Waals surface area (Å²) in [4.78, 5) is 11.0. The molecule has 4 nitrogen and oxygen atoms in total. The van der Waals surface area contributed by atoms with Crippen molar-refractivity contribution in [3.8, 4) is 23.7 Å². The van der Waals surface area contributed by atoms with E-state index < -0.39 is 12.1 Å². The summed E-state index contributed by atoms with van der Waals surface area (Å²) < 4.78 is 9.53. The average molecular weight is 314 g/mol. The third-order valence-electron chi connectivity index (χ3n) is 3.07. The van der Waals surface area contributed by atoms with E-state index >= 15 is 0 Å². The van der Waals surface area contributed by atoms with Crippen molar-refractivity contribution in [2.75, 3.05) is 7.11 Å². The van der Waals surface area contributed by atoms with Crippen LogP contribution in [0.5, 0.6) is 0 Å². The van der Waals surface area contributed by atoms with Crippen LogP contribution in [-0.2, 0) is 9.53 Å². The molecular formula is C19H22O4. The molecule has 0 bridgehead atoms. The topological polar surface area (TPSA) is 59.7 Å². The van der Waals surface area contributed by atoms with Gasteiger partial charge in [0, 0.05) is 6.42 Å². The number of aliphatic hydroxyl groups excluding tert-OH is 1. The van der Waals surface area contributed by atoms with Gasteiger partial charge in [0.25, 0.3) is 0 Å². The van der Waals surface area contributed by atoms with Crippen molar-refractivity contribution in [2.24, 2.45) is 0 Å². The number of unbranched alkanes of at least 4 members (excludes halogenated alkanes) is 4. The van der Waals surface area contributed by atoms with E-state index in [4.69, 9.17) is 4.42 Å². The van der Waals surface area contributed by atoms with E-state index in [9.17, 15) is 9.90 Å². The Hall–Kier alpha value is -2.43. The van der Waals surface area contributed by atoms with Crippen molar-refractivity contribution in [3.63, 3.8) is 0 Å². The van der Waals surface area contributed by atoms with Gasteiger partial charge in [0.05, 0.1) is 13.4 Å². The Bertz CT molecular complexity index is 591. The maximum atomic E-state index is 11.0. The zero-order valence-corrected chi connectivity index (χ0v) is 13.4. The van der Waals surface area contributed by atoms with Crippen molar-refractivity contribution in [3.05, 3.63) is 36.3 Å². The number of aliphatic hydroxyl groups is 1. The lowest BCUT2D eigenvalue weighted by atomic mass is 10.1. The van der Waals surface area contributed by atoms with Crippen LogP contribution in [0.25, 0.3) is 0 Å². The number of carbonyl (C=O) groups is 1. The van der Waals surface area contributed by atoms with E-state index in [2.05, 4.69) is 28.4 Å². The summed E-state index contributed by atoms with van der Waals surface area (Å²) in [6.07, 6.45) is 9.12. The van der Waals surface area contributed by atoms with Gasteiger partial charge < -0.3 is 14.3 Å². The summed E-state index contributed by atoms with van der Waals surface area (Å²) in [5.41, 5.74) is 0. The van der Waals surface area contributed by atoms with Gasteiger partial charge in [0.15, 0.2) is 11.9 Å². The SMILES string of the molecule is COC(=O)C(O)CCCCCCC#C/C=C\C#Cc1ccco1. The fourth-order valence-electron chi connectivity index (χ4n) is 1.84. The molecule has 0 aromatic carbocycles. The highest BCUT2D eigenvalue weighted by atomic mass is 16.5.